The van der Waals surface area contributed by atoms with Crippen molar-refractivity contribution < 1.29 is 13.9 Å². The quantitative estimate of drug-likeness (QED) is 0.745. The lowest BCUT2D eigenvalue weighted by atomic mass is 10.2. The number of hydrogen-bond donors (Lipinski definition) is 0. The second kappa shape index (κ2) is 3.81. The maximum absolute atomic E-state index is 13.5. The van der Waals surface area contributed by atoms with Crippen LogP contribution in [0.2, 0.25) is 0 Å². The van der Waals surface area contributed by atoms with Crippen molar-refractivity contribution in [3.05, 3.63) is 29.6 Å². The molecule has 2 unspecified atom stereocenters. The molecular formula is C13H14FNO2. The number of amides is 1. The number of fused-ring (bicyclic) bond motifs is 2. The van der Waals surface area contributed by atoms with Gasteiger partial charge in [-0.05, 0) is 37.5 Å². The normalized spacial score (nSPS) is 27.6. The standard InChI is InChI=1S/C13H14FNO2/c1-8-2-3-9(6-11(8)14)15-7-10-4-5-12(17-10)13(15)16/h2-3,6,10,12H,4-5,7H2,1H3. The minimum absolute atomic E-state index is 0.0398. The van der Waals surface area contributed by atoms with Crippen LogP contribution in [-0.4, -0.2) is 24.7 Å². The fourth-order valence-corrected chi connectivity index (χ4v) is 2.47. The average molecular weight is 235 g/mol. The largest absolute Gasteiger partial charge is 0.363 e. The van der Waals surface area contributed by atoms with E-state index in [0.717, 1.165) is 12.8 Å². The zero-order chi connectivity index (χ0) is 12.0. The lowest BCUT2D eigenvalue weighted by Crippen LogP contribution is -2.47. The summed E-state index contributed by atoms with van der Waals surface area (Å²) in [6, 6.07) is 4.92. The third-order valence-electron chi connectivity index (χ3n) is 3.50. The number of halogens is 1. The van der Waals surface area contributed by atoms with Crippen molar-refractivity contribution in [1.82, 2.24) is 0 Å². The van der Waals surface area contributed by atoms with Gasteiger partial charge in [0, 0.05) is 5.69 Å². The highest BCUT2D eigenvalue weighted by molar-refractivity contribution is 5.97. The second-order valence-corrected chi connectivity index (χ2v) is 4.71. The minimum atomic E-state index is -0.321. The molecule has 2 aliphatic rings. The Morgan fingerprint density at radius 2 is 2.24 bits per heavy atom. The van der Waals surface area contributed by atoms with Gasteiger partial charge in [0.2, 0.25) is 0 Å². The first kappa shape index (κ1) is 10.7. The summed E-state index contributed by atoms with van der Waals surface area (Å²) in [5.74, 6) is -0.309. The van der Waals surface area contributed by atoms with E-state index in [1.54, 1.807) is 24.0 Å². The van der Waals surface area contributed by atoms with Crippen molar-refractivity contribution in [3.63, 3.8) is 0 Å². The second-order valence-electron chi connectivity index (χ2n) is 4.71. The Morgan fingerprint density at radius 1 is 1.41 bits per heavy atom. The molecule has 2 atom stereocenters. The molecule has 1 aromatic rings. The van der Waals surface area contributed by atoms with Gasteiger partial charge in [-0.25, -0.2) is 4.39 Å². The molecule has 3 nitrogen and oxygen atoms in total. The Morgan fingerprint density at radius 3 is 3.00 bits per heavy atom. The number of hydrogen-bond acceptors (Lipinski definition) is 2. The van der Waals surface area contributed by atoms with E-state index in [0.29, 0.717) is 17.8 Å². The topological polar surface area (TPSA) is 29.5 Å². The number of anilines is 1. The summed E-state index contributed by atoms with van der Waals surface area (Å²) in [7, 11) is 0. The summed E-state index contributed by atoms with van der Waals surface area (Å²) >= 11 is 0. The number of benzene rings is 1. The molecule has 0 aliphatic carbocycles. The Bertz CT molecular complexity index is 474. The maximum atomic E-state index is 13.5. The first-order chi connectivity index (χ1) is 8.15. The molecule has 2 aliphatic heterocycles. The lowest BCUT2D eigenvalue weighted by Gasteiger charge is -2.31. The monoisotopic (exact) mass is 235 g/mol. The zero-order valence-electron chi connectivity index (χ0n) is 9.65. The molecular weight excluding hydrogens is 221 g/mol. The van der Waals surface area contributed by atoms with Gasteiger partial charge in [0.15, 0.2) is 0 Å². The third-order valence-corrected chi connectivity index (χ3v) is 3.50. The molecule has 2 fully saturated rings. The van der Waals surface area contributed by atoms with E-state index in [9.17, 15) is 9.18 Å². The first-order valence-corrected chi connectivity index (χ1v) is 5.88. The van der Waals surface area contributed by atoms with Crippen LogP contribution in [0.4, 0.5) is 10.1 Å². The highest BCUT2D eigenvalue weighted by Crippen LogP contribution is 2.31. The van der Waals surface area contributed by atoms with E-state index < -0.39 is 0 Å². The molecule has 2 saturated heterocycles. The Balaban J connectivity index is 1.93. The van der Waals surface area contributed by atoms with Crippen molar-refractivity contribution in [2.75, 3.05) is 11.4 Å². The summed E-state index contributed by atoms with van der Waals surface area (Å²) < 4.78 is 19.0. The van der Waals surface area contributed by atoms with Gasteiger partial charge in [0.05, 0.1) is 12.6 Å². The third kappa shape index (κ3) is 1.72. The van der Waals surface area contributed by atoms with Gasteiger partial charge in [-0.1, -0.05) is 6.07 Å². The van der Waals surface area contributed by atoms with Crippen LogP contribution in [0, 0.1) is 12.7 Å². The molecule has 90 valence electrons. The molecule has 1 aromatic carbocycles. The van der Waals surface area contributed by atoms with E-state index in [1.807, 2.05) is 0 Å². The van der Waals surface area contributed by atoms with Crippen LogP contribution in [0.3, 0.4) is 0 Å². The van der Waals surface area contributed by atoms with Crippen molar-refractivity contribution >= 4 is 11.6 Å². The molecule has 1 amide bonds. The van der Waals surface area contributed by atoms with Gasteiger partial charge in [0.1, 0.15) is 11.9 Å². The Kier molecular flexibility index (Phi) is 2.40. The molecule has 2 heterocycles. The Labute approximate surface area is 99.2 Å². The van der Waals surface area contributed by atoms with Gasteiger partial charge in [-0.3, -0.25) is 4.79 Å². The summed E-state index contributed by atoms with van der Waals surface area (Å²) in [4.78, 5) is 13.7. The number of aryl methyl sites for hydroxylation is 1. The van der Waals surface area contributed by atoms with E-state index in [2.05, 4.69) is 0 Å². The molecule has 0 aromatic heterocycles. The van der Waals surface area contributed by atoms with Gasteiger partial charge >= 0.3 is 0 Å². The number of rotatable bonds is 1. The average Bonchev–Trinajstić information content (AvgIpc) is 2.72. The van der Waals surface area contributed by atoms with E-state index in [1.165, 1.54) is 6.07 Å². The molecule has 0 N–H and O–H groups in total. The maximum Gasteiger partial charge on any atom is 0.256 e. The van der Waals surface area contributed by atoms with Crippen molar-refractivity contribution in [2.45, 2.75) is 32.0 Å². The minimum Gasteiger partial charge on any atom is -0.363 e. The van der Waals surface area contributed by atoms with Crippen LogP contribution in [-0.2, 0) is 9.53 Å². The predicted octanol–water partition coefficient (Wildman–Crippen LogP) is 2.03. The van der Waals surface area contributed by atoms with Crippen LogP contribution in [0.25, 0.3) is 0 Å². The molecule has 4 heteroatoms. The zero-order valence-corrected chi connectivity index (χ0v) is 9.65. The fourth-order valence-electron chi connectivity index (χ4n) is 2.47. The summed E-state index contributed by atoms with van der Waals surface area (Å²) in [6.07, 6.45) is 1.50. The smallest absolute Gasteiger partial charge is 0.256 e. The number of morpholine rings is 1. The summed E-state index contributed by atoms with van der Waals surface area (Å²) in [6.45, 7) is 2.25. The van der Waals surface area contributed by atoms with Gasteiger partial charge in [-0.2, -0.15) is 0 Å². The van der Waals surface area contributed by atoms with Crippen LogP contribution in [0.5, 0.6) is 0 Å². The van der Waals surface area contributed by atoms with Crippen LogP contribution in [0.15, 0.2) is 18.2 Å². The van der Waals surface area contributed by atoms with Crippen molar-refractivity contribution in [1.29, 1.82) is 0 Å². The van der Waals surface area contributed by atoms with Gasteiger partial charge < -0.3 is 9.64 Å². The molecule has 17 heavy (non-hydrogen) atoms. The predicted molar refractivity (Wildman–Crippen MR) is 61.4 cm³/mol. The number of carbonyl (C=O) groups excluding carboxylic acids is 1. The fraction of sp³-hybridized carbons (Fsp3) is 0.462. The lowest BCUT2D eigenvalue weighted by molar-refractivity contribution is -0.133. The van der Waals surface area contributed by atoms with E-state index in [-0.39, 0.29) is 23.9 Å². The summed E-state index contributed by atoms with van der Waals surface area (Å²) in [5.41, 5.74) is 1.23. The molecule has 2 bridgehead atoms. The van der Waals surface area contributed by atoms with Crippen LogP contribution < -0.4 is 4.90 Å². The molecule has 0 saturated carbocycles. The van der Waals surface area contributed by atoms with E-state index in [4.69, 9.17) is 4.74 Å². The van der Waals surface area contributed by atoms with Crippen LogP contribution >= 0.6 is 0 Å². The first-order valence-electron chi connectivity index (χ1n) is 5.88. The number of carbonyl (C=O) groups is 1. The van der Waals surface area contributed by atoms with Gasteiger partial charge in [0.25, 0.3) is 5.91 Å². The van der Waals surface area contributed by atoms with Gasteiger partial charge in [-0.15, -0.1) is 0 Å². The Hall–Kier alpha value is -1.42. The number of nitrogens with zero attached hydrogens (tertiary/aromatic N) is 1. The highest BCUT2D eigenvalue weighted by Gasteiger charge is 2.40. The van der Waals surface area contributed by atoms with Crippen molar-refractivity contribution in [3.8, 4) is 0 Å². The molecule has 0 radical (unpaired) electrons. The SMILES string of the molecule is Cc1ccc(N2CC3CCC(O3)C2=O)cc1F. The van der Waals surface area contributed by atoms with Crippen LogP contribution in [0.1, 0.15) is 18.4 Å². The highest BCUT2D eigenvalue weighted by atomic mass is 19.1. The number of ether oxygens (including phenoxy) is 1. The van der Waals surface area contributed by atoms with E-state index >= 15 is 0 Å². The summed E-state index contributed by atoms with van der Waals surface area (Å²) in [5, 5.41) is 0. The van der Waals surface area contributed by atoms with Crippen molar-refractivity contribution in [2.24, 2.45) is 0 Å². The molecule has 3 rings (SSSR count). The molecule has 0 spiro atoms.